The van der Waals surface area contributed by atoms with E-state index in [1.54, 1.807) is 19.1 Å². The highest BCUT2D eigenvalue weighted by Crippen LogP contribution is 2.31. The Labute approximate surface area is 114 Å². The van der Waals surface area contributed by atoms with Gasteiger partial charge < -0.3 is 9.84 Å². The molecule has 1 atom stereocenters. The number of aryl methyl sites for hydroxylation is 1. The summed E-state index contributed by atoms with van der Waals surface area (Å²) in [7, 11) is 0. The summed E-state index contributed by atoms with van der Waals surface area (Å²) in [4.78, 5) is 0. The summed E-state index contributed by atoms with van der Waals surface area (Å²) in [5.41, 5.74) is 1.08. The number of ether oxygens (including phenoxy) is 1. The van der Waals surface area contributed by atoms with E-state index in [1.165, 1.54) is 24.3 Å². The van der Waals surface area contributed by atoms with Crippen LogP contribution in [0.15, 0.2) is 42.5 Å². The molecule has 0 radical (unpaired) electrons. The summed E-state index contributed by atoms with van der Waals surface area (Å²) in [5.74, 6) is -0.622. The van der Waals surface area contributed by atoms with Crippen LogP contribution in [0.25, 0.3) is 0 Å². The molecule has 0 fully saturated rings. The average Bonchev–Trinajstić information content (AvgIpc) is 2.36. The summed E-state index contributed by atoms with van der Waals surface area (Å²) in [6, 6.07) is 9.97. The smallest absolute Gasteiger partial charge is 0.387 e. The first kappa shape index (κ1) is 14.4. The predicted octanol–water partition coefficient (Wildman–Crippen LogP) is 3.82. The summed E-state index contributed by atoms with van der Waals surface area (Å²) in [6.45, 7) is -1.31. The molecule has 2 rings (SSSR count). The fraction of sp³-hybridized carbons (Fsp3) is 0.200. The Morgan fingerprint density at radius 2 is 1.80 bits per heavy atom. The number of benzene rings is 2. The van der Waals surface area contributed by atoms with Gasteiger partial charge in [-0.3, -0.25) is 0 Å². The van der Waals surface area contributed by atoms with Crippen molar-refractivity contribution in [1.82, 2.24) is 0 Å². The van der Waals surface area contributed by atoms with E-state index in [0.29, 0.717) is 5.56 Å². The van der Waals surface area contributed by atoms with Crippen molar-refractivity contribution in [2.24, 2.45) is 0 Å². The molecule has 20 heavy (non-hydrogen) atoms. The van der Waals surface area contributed by atoms with E-state index in [1.807, 2.05) is 0 Å². The highest BCUT2D eigenvalue weighted by Gasteiger charge is 2.18. The van der Waals surface area contributed by atoms with Gasteiger partial charge in [-0.05, 0) is 36.2 Å². The molecule has 0 aliphatic heterocycles. The van der Waals surface area contributed by atoms with Gasteiger partial charge in [0, 0.05) is 5.56 Å². The second-order valence-corrected chi connectivity index (χ2v) is 4.38. The fourth-order valence-corrected chi connectivity index (χ4v) is 2.01. The third-order valence-corrected chi connectivity index (χ3v) is 2.81. The van der Waals surface area contributed by atoms with Crippen LogP contribution in [0.5, 0.6) is 5.75 Å². The molecular formula is C15H13F3O2. The summed E-state index contributed by atoms with van der Waals surface area (Å²) in [6.07, 6.45) is -1.24. The Kier molecular flexibility index (Phi) is 4.29. The molecule has 5 heteroatoms. The molecule has 0 saturated carbocycles. The van der Waals surface area contributed by atoms with Crippen molar-refractivity contribution in [2.45, 2.75) is 19.6 Å². The van der Waals surface area contributed by atoms with Crippen molar-refractivity contribution in [3.05, 3.63) is 65.0 Å². The maximum Gasteiger partial charge on any atom is 0.387 e. The molecule has 0 amide bonds. The van der Waals surface area contributed by atoms with Gasteiger partial charge in [-0.25, -0.2) is 4.39 Å². The molecular weight excluding hydrogens is 269 g/mol. The molecule has 2 aromatic carbocycles. The zero-order valence-electron chi connectivity index (χ0n) is 10.7. The summed E-state index contributed by atoms with van der Waals surface area (Å²) >= 11 is 0. The topological polar surface area (TPSA) is 29.5 Å². The van der Waals surface area contributed by atoms with Crippen LogP contribution in [0.3, 0.4) is 0 Å². The van der Waals surface area contributed by atoms with Gasteiger partial charge in [-0.2, -0.15) is 8.78 Å². The number of halogens is 3. The zero-order valence-corrected chi connectivity index (χ0v) is 10.7. The average molecular weight is 282 g/mol. The lowest BCUT2D eigenvalue weighted by atomic mass is 9.99. The van der Waals surface area contributed by atoms with Crippen LogP contribution in [0.4, 0.5) is 13.2 Å². The molecule has 0 saturated heterocycles. The molecule has 0 aliphatic rings. The maximum absolute atomic E-state index is 13.4. The minimum atomic E-state index is -2.99. The summed E-state index contributed by atoms with van der Waals surface area (Å²) in [5, 5.41) is 10.2. The van der Waals surface area contributed by atoms with Crippen LogP contribution >= 0.6 is 0 Å². The highest BCUT2D eigenvalue weighted by molar-refractivity contribution is 5.41. The number of aliphatic hydroxyl groups excluding tert-OH is 1. The number of rotatable bonds is 4. The van der Waals surface area contributed by atoms with E-state index >= 15 is 0 Å². The van der Waals surface area contributed by atoms with Crippen molar-refractivity contribution >= 4 is 0 Å². The number of alkyl halides is 2. The van der Waals surface area contributed by atoms with Crippen LogP contribution < -0.4 is 4.74 Å². The normalized spacial score (nSPS) is 12.5. The van der Waals surface area contributed by atoms with Gasteiger partial charge in [0.1, 0.15) is 17.7 Å². The van der Waals surface area contributed by atoms with Gasteiger partial charge >= 0.3 is 6.61 Å². The van der Waals surface area contributed by atoms with Crippen molar-refractivity contribution in [3.63, 3.8) is 0 Å². The van der Waals surface area contributed by atoms with E-state index < -0.39 is 18.5 Å². The van der Waals surface area contributed by atoms with E-state index in [2.05, 4.69) is 4.74 Å². The van der Waals surface area contributed by atoms with Crippen molar-refractivity contribution in [2.75, 3.05) is 0 Å². The monoisotopic (exact) mass is 282 g/mol. The minimum absolute atomic E-state index is 0.128. The van der Waals surface area contributed by atoms with Gasteiger partial charge in [0.2, 0.25) is 0 Å². The van der Waals surface area contributed by atoms with Gasteiger partial charge in [-0.1, -0.05) is 24.3 Å². The summed E-state index contributed by atoms with van der Waals surface area (Å²) < 4.78 is 42.4. The van der Waals surface area contributed by atoms with Crippen molar-refractivity contribution in [1.29, 1.82) is 0 Å². The van der Waals surface area contributed by atoms with Crippen LogP contribution in [-0.2, 0) is 0 Å². The lowest BCUT2D eigenvalue weighted by Crippen LogP contribution is -2.08. The number of hydrogen-bond donors (Lipinski definition) is 1. The van der Waals surface area contributed by atoms with Gasteiger partial charge in [0.05, 0.1) is 0 Å². The molecule has 0 aromatic heterocycles. The molecule has 2 aromatic rings. The number of hydrogen-bond acceptors (Lipinski definition) is 2. The molecule has 0 aliphatic carbocycles. The Hall–Kier alpha value is -2.01. The predicted molar refractivity (Wildman–Crippen MR) is 68.3 cm³/mol. The SMILES string of the molecule is Cc1cc(F)cc(C(O)c2ccccc2OC(F)F)c1. The molecule has 0 spiro atoms. The lowest BCUT2D eigenvalue weighted by molar-refractivity contribution is -0.0512. The first-order valence-electron chi connectivity index (χ1n) is 5.96. The quantitative estimate of drug-likeness (QED) is 0.923. The largest absolute Gasteiger partial charge is 0.434 e. The molecule has 2 nitrogen and oxygen atoms in total. The first-order chi connectivity index (χ1) is 9.47. The minimum Gasteiger partial charge on any atom is -0.434 e. The first-order valence-corrected chi connectivity index (χ1v) is 5.96. The number of aliphatic hydroxyl groups is 1. The van der Waals surface area contributed by atoms with E-state index in [4.69, 9.17) is 0 Å². The van der Waals surface area contributed by atoms with Gasteiger partial charge in [0.25, 0.3) is 0 Å². The van der Waals surface area contributed by atoms with Gasteiger partial charge in [-0.15, -0.1) is 0 Å². The Morgan fingerprint density at radius 1 is 1.10 bits per heavy atom. The van der Waals surface area contributed by atoms with E-state index in [9.17, 15) is 18.3 Å². The molecule has 106 valence electrons. The Bertz CT molecular complexity index is 579. The molecule has 0 bridgehead atoms. The van der Waals surface area contributed by atoms with Crippen molar-refractivity contribution in [3.8, 4) is 5.75 Å². The number of para-hydroxylation sites is 1. The van der Waals surface area contributed by atoms with E-state index in [0.717, 1.165) is 6.07 Å². The standard InChI is InChI=1S/C15H13F3O2/c1-9-6-10(8-11(16)7-9)14(19)12-4-2-3-5-13(12)20-15(17)18/h2-8,14-15,19H,1H3. The molecule has 0 heterocycles. The van der Waals surface area contributed by atoms with E-state index in [-0.39, 0.29) is 16.9 Å². The zero-order chi connectivity index (χ0) is 14.7. The van der Waals surface area contributed by atoms with Crippen LogP contribution in [0, 0.1) is 12.7 Å². The third-order valence-electron chi connectivity index (χ3n) is 2.81. The maximum atomic E-state index is 13.4. The second-order valence-electron chi connectivity index (χ2n) is 4.38. The Morgan fingerprint density at radius 3 is 2.45 bits per heavy atom. The lowest BCUT2D eigenvalue weighted by Gasteiger charge is -2.16. The second kappa shape index (κ2) is 5.96. The third kappa shape index (κ3) is 3.30. The molecule has 1 unspecified atom stereocenters. The van der Waals surface area contributed by atoms with Crippen LogP contribution in [0.2, 0.25) is 0 Å². The van der Waals surface area contributed by atoms with Crippen LogP contribution in [0.1, 0.15) is 22.8 Å². The molecule has 1 N–H and O–H groups in total. The fourth-order valence-electron chi connectivity index (χ4n) is 2.01. The highest BCUT2D eigenvalue weighted by atomic mass is 19.3. The Balaban J connectivity index is 2.39. The van der Waals surface area contributed by atoms with Gasteiger partial charge in [0.15, 0.2) is 0 Å². The van der Waals surface area contributed by atoms with Crippen LogP contribution in [-0.4, -0.2) is 11.7 Å². The van der Waals surface area contributed by atoms with Crippen molar-refractivity contribution < 1.29 is 23.0 Å².